The van der Waals surface area contributed by atoms with E-state index >= 15 is 0 Å². The molecule has 1 atom stereocenters. The highest BCUT2D eigenvalue weighted by Gasteiger charge is 2.32. The van der Waals surface area contributed by atoms with Crippen LogP contribution in [0.5, 0.6) is 0 Å². The number of ether oxygens (including phenoxy) is 1. The Bertz CT molecular complexity index is 423. The summed E-state index contributed by atoms with van der Waals surface area (Å²) in [6.07, 6.45) is 2.44. The van der Waals surface area contributed by atoms with Gasteiger partial charge < -0.3 is 4.74 Å². The lowest BCUT2D eigenvalue weighted by atomic mass is 9.78. The Morgan fingerprint density at radius 1 is 1.26 bits per heavy atom. The number of rotatable bonds is 5. The zero-order valence-corrected chi connectivity index (χ0v) is 11.4. The molecular weight excluding hydrogens is 277 g/mol. The van der Waals surface area contributed by atoms with Crippen molar-refractivity contribution < 1.29 is 17.9 Å². The predicted molar refractivity (Wildman–Crippen MR) is 67.7 cm³/mol. The van der Waals surface area contributed by atoms with E-state index in [2.05, 4.69) is 0 Å². The van der Waals surface area contributed by atoms with E-state index in [4.69, 9.17) is 16.3 Å². The van der Waals surface area contributed by atoms with E-state index in [1.807, 2.05) is 6.92 Å². The van der Waals surface area contributed by atoms with Gasteiger partial charge >= 0.3 is 0 Å². The third kappa shape index (κ3) is 3.42. The average molecular weight is 293 g/mol. The Labute approximate surface area is 115 Å². The first-order valence-electron chi connectivity index (χ1n) is 6.41. The van der Waals surface area contributed by atoms with Crippen LogP contribution in [-0.4, -0.2) is 12.7 Å². The largest absolute Gasteiger partial charge is 0.378 e. The summed E-state index contributed by atoms with van der Waals surface area (Å²) in [5, 5.41) is -0.770. The van der Waals surface area contributed by atoms with E-state index in [1.54, 1.807) is 0 Å². The number of hydrogen-bond donors (Lipinski definition) is 0. The van der Waals surface area contributed by atoms with Crippen molar-refractivity contribution in [1.29, 1.82) is 0 Å². The Kier molecular flexibility index (Phi) is 4.74. The third-order valence-electron chi connectivity index (χ3n) is 3.49. The van der Waals surface area contributed by atoms with Crippen molar-refractivity contribution >= 4 is 11.6 Å². The number of benzene rings is 1. The molecule has 0 spiro atoms. The molecule has 1 unspecified atom stereocenters. The summed E-state index contributed by atoms with van der Waals surface area (Å²) in [4.78, 5) is 0. The fraction of sp³-hybridized carbons (Fsp3) is 0.571. The van der Waals surface area contributed by atoms with Gasteiger partial charge in [0.25, 0.3) is 0 Å². The van der Waals surface area contributed by atoms with Crippen LogP contribution in [0.4, 0.5) is 13.2 Å². The molecule has 2 rings (SSSR count). The van der Waals surface area contributed by atoms with E-state index in [9.17, 15) is 13.2 Å². The van der Waals surface area contributed by atoms with Crippen LogP contribution in [0.1, 0.15) is 37.1 Å². The highest BCUT2D eigenvalue weighted by Crippen LogP contribution is 2.40. The van der Waals surface area contributed by atoms with Crippen LogP contribution in [0, 0.1) is 23.4 Å². The minimum absolute atomic E-state index is 0.233. The molecule has 1 fully saturated rings. The fourth-order valence-corrected chi connectivity index (χ4v) is 2.96. The van der Waals surface area contributed by atoms with E-state index < -0.39 is 22.8 Å². The third-order valence-corrected chi connectivity index (χ3v) is 3.89. The second-order valence-electron chi connectivity index (χ2n) is 4.90. The number of alkyl halides is 1. The summed E-state index contributed by atoms with van der Waals surface area (Å²) >= 11 is 6.06. The van der Waals surface area contributed by atoms with Crippen LogP contribution in [0.2, 0.25) is 0 Å². The first-order chi connectivity index (χ1) is 9.01. The van der Waals surface area contributed by atoms with Crippen LogP contribution in [0.3, 0.4) is 0 Å². The molecule has 0 amide bonds. The summed E-state index contributed by atoms with van der Waals surface area (Å²) in [6, 6.07) is 1.33. The monoisotopic (exact) mass is 292 g/mol. The predicted octanol–water partition coefficient (Wildman–Crippen LogP) is 4.59. The lowest BCUT2D eigenvalue weighted by Crippen LogP contribution is -2.32. The second kappa shape index (κ2) is 6.14. The smallest absolute Gasteiger partial charge is 0.133 e. The van der Waals surface area contributed by atoms with Crippen molar-refractivity contribution in [2.75, 3.05) is 6.61 Å². The molecule has 1 saturated carbocycles. The van der Waals surface area contributed by atoms with Gasteiger partial charge in [-0.2, -0.15) is 0 Å². The molecule has 106 valence electrons. The molecule has 1 nitrogen and oxygen atoms in total. The van der Waals surface area contributed by atoms with Crippen molar-refractivity contribution in [2.24, 2.45) is 5.92 Å². The Morgan fingerprint density at radius 2 is 1.84 bits per heavy atom. The van der Waals surface area contributed by atoms with Gasteiger partial charge in [0, 0.05) is 24.3 Å². The van der Waals surface area contributed by atoms with Crippen LogP contribution in [0.15, 0.2) is 12.1 Å². The van der Waals surface area contributed by atoms with E-state index in [0.717, 1.165) is 12.8 Å². The zero-order valence-electron chi connectivity index (χ0n) is 10.6. The fourth-order valence-electron chi connectivity index (χ4n) is 2.50. The van der Waals surface area contributed by atoms with Gasteiger partial charge in [-0.05, 0) is 32.1 Å². The molecule has 0 heterocycles. The maximum atomic E-state index is 13.5. The quantitative estimate of drug-likeness (QED) is 0.721. The van der Waals surface area contributed by atoms with Crippen molar-refractivity contribution in [1.82, 2.24) is 0 Å². The molecule has 0 bridgehead atoms. The van der Waals surface area contributed by atoms with Crippen LogP contribution in [0.25, 0.3) is 0 Å². The minimum Gasteiger partial charge on any atom is -0.378 e. The molecule has 1 aliphatic carbocycles. The molecule has 1 aromatic rings. The van der Waals surface area contributed by atoms with Crippen molar-refractivity contribution in [3.63, 3.8) is 0 Å². The highest BCUT2D eigenvalue weighted by atomic mass is 35.5. The van der Waals surface area contributed by atoms with Crippen LogP contribution >= 0.6 is 11.6 Å². The highest BCUT2D eigenvalue weighted by molar-refractivity contribution is 6.20. The normalized spacial score (nSPS) is 24.1. The molecule has 19 heavy (non-hydrogen) atoms. The molecule has 5 heteroatoms. The van der Waals surface area contributed by atoms with Crippen molar-refractivity contribution in [3.05, 3.63) is 35.1 Å². The van der Waals surface area contributed by atoms with Gasteiger partial charge in [-0.25, -0.2) is 13.2 Å². The van der Waals surface area contributed by atoms with Crippen LogP contribution < -0.4 is 0 Å². The molecule has 0 N–H and O–H groups in total. The molecular formula is C14H16ClF3O. The second-order valence-corrected chi connectivity index (χ2v) is 5.43. The SMILES string of the molecule is CCOC1CC(CC(Cl)c2c(F)cc(F)cc2F)C1. The standard InChI is InChI=1S/C14H16ClF3O/c1-2-19-10-3-8(4-10)5-11(15)14-12(17)6-9(16)7-13(14)18/h6-8,10-11H,2-5H2,1H3. The minimum atomic E-state index is -0.928. The first kappa shape index (κ1) is 14.7. The lowest BCUT2D eigenvalue weighted by molar-refractivity contribution is -0.0268. The van der Waals surface area contributed by atoms with Crippen molar-refractivity contribution in [3.8, 4) is 0 Å². The molecule has 0 aliphatic heterocycles. The summed E-state index contributed by atoms with van der Waals surface area (Å²) in [6.45, 7) is 2.60. The van der Waals surface area contributed by atoms with Gasteiger partial charge in [0.05, 0.1) is 11.5 Å². The van der Waals surface area contributed by atoms with Gasteiger partial charge in [0.2, 0.25) is 0 Å². The number of halogens is 4. The topological polar surface area (TPSA) is 9.23 Å². The van der Waals surface area contributed by atoms with Gasteiger partial charge in [-0.3, -0.25) is 0 Å². The molecule has 0 saturated heterocycles. The molecule has 0 aromatic heterocycles. The first-order valence-corrected chi connectivity index (χ1v) is 6.85. The van der Waals surface area contributed by atoms with E-state index in [-0.39, 0.29) is 11.7 Å². The van der Waals surface area contributed by atoms with E-state index in [0.29, 0.717) is 31.1 Å². The Hall–Kier alpha value is -0.740. The van der Waals surface area contributed by atoms with Crippen LogP contribution in [-0.2, 0) is 4.74 Å². The summed E-state index contributed by atoms with van der Waals surface area (Å²) in [7, 11) is 0. The summed E-state index contributed by atoms with van der Waals surface area (Å²) < 4.78 is 45.3. The summed E-state index contributed by atoms with van der Waals surface area (Å²) in [5.41, 5.74) is -0.233. The van der Waals surface area contributed by atoms with Gasteiger partial charge in [0.1, 0.15) is 17.5 Å². The Morgan fingerprint density at radius 3 is 2.37 bits per heavy atom. The van der Waals surface area contributed by atoms with E-state index in [1.165, 1.54) is 0 Å². The maximum Gasteiger partial charge on any atom is 0.133 e. The number of hydrogen-bond acceptors (Lipinski definition) is 1. The van der Waals surface area contributed by atoms with Gasteiger partial charge in [0.15, 0.2) is 0 Å². The molecule has 1 aromatic carbocycles. The van der Waals surface area contributed by atoms with Crippen molar-refractivity contribution in [2.45, 2.75) is 37.7 Å². The molecule has 0 radical (unpaired) electrons. The maximum absolute atomic E-state index is 13.5. The van der Waals surface area contributed by atoms with Gasteiger partial charge in [-0.1, -0.05) is 0 Å². The lowest BCUT2D eigenvalue weighted by Gasteiger charge is -2.36. The zero-order chi connectivity index (χ0) is 14.0. The summed E-state index contributed by atoms with van der Waals surface area (Å²) in [5.74, 6) is -2.46. The Balaban J connectivity index is 1.96. The molecule has 1 aliphatic rings. The average Bonchev–Trinajstić information content (AvgIpc) is 2.24. The van der Waals surface area contributed by atoms with Gasteiger partial charge in [-0.15, -0.1) is 11.6 Å².